The lowest BCUT2D eigenvalue weighted by Crippen LogP contribution is -2.48. The lowest BCUT2D eigenvalue weighted by Gasteiger charge is -2.17. The van der Waals surface area contributed by atoms with Crippen molar-refractivity contribution in [2.45, 2.75) is 32.7 Å². The summed E-state index contributed by atoms with van der Waals surface area (Å²) in [6, 6.07) is 7.69. The zero-order valence-corrected chi connectivity index (χ0v) is 21.4. The second-order valence-electron chi connectivity index (χ2n) is 8.26. The molecular formula is C25H30N7O4S+. The fraction of sp³-hybridized carbons (Fsp3) is 0.280. The maximum absolute atomic E-state index is 12.9. The Bertz CT molecular complexity index is 1270. The van der Waals surface area contributed by atoms with Gasteiger partial charge in [0.25, 0.3) is 11.8 Å². The molecular weight excluding hydrogens is 494 g/mol. The Hall–Kier alpha value is -4.32. The van der Waals surface area contributed by atoms with Crippen LogP contribution in [0, 0.1) is 13.8 Å². The summed E-state index contributed by atoms with van der Waals surface area (Å²) < 4.78 is 0. The number of carboxylic acid groups (broad SMARTS) is 1. The summed E-state index contributed by atoms with van der Waals surface area (Å²) in [5.41, 5.74) is 9.45. The molecule has 2 aromatic heterocycles. The largest absolute Gasteiger partial charge is 0.480 e. The van der Waals surface area contributed by atoms with Gasteiger partial charge in [-0.1, -0.05) is 18.2 Å². The number of hydrogen-bond donors (Lipinski definition) is 6. The van der Waals surface area contributed by atoms with E-state index >= 15 is 0 Å². The molecule has 37 heavy (non-hydrogen) atoms. The van der Waals surface area contributed by atoms with Crippen LogP contribution in [-0.4, -0.2) is 58.2 Å². The smallest absolute Gasteiger partial charge is 0.328 e. The van der Waals surface area contributed by atoms with Gasteiger partial charge in [-0.15, -0.1) is 11.3 Å². The summed E-state index contributed by atoms with van der Waals surface area (Å²) >= 11 is 1.23. The molecule has 2 heterocycles. The molecule has 11 nitrogen and oxygen atoms in total. The first-order chi connectivity index (χ1) is 17.7. The van der Waals surface area contributed by atoms with Crippen LogP contribution in [0.25, 0.3) is 0 Å². The van der Waals surface area contributed by atoms with E-state index in [0.717, 1.165) is 24.0 Å². The predicted octanol–water partition coefficient (Wildman–Crippen LogP) is 0.573. The standard InChI is InChI=1S/C25H29N7O4S/c1-14-21(23(34)32-19(24(35)36)13-29-22(33)20-9-5-11-37-20)15(2)31-25(30-14)28-10-4-7-16-6-3-8-18(27)17(16)12-26/h3,5-6,8-9,11-12,19,26H,4,7,10,13,27H2,1-2H3,(H,29,33)(H,32,34)(H,35,36)(H,28,30,31)/p+1/t19-/m0/s1. The van der Waals surface area contributed by atoms with Crippen LogP contribution in [0.15, 0.2) is 35.7 Å². The minimum Gasteiger partial charge on any atom is -0.480 e. The van der Waals surface area contributed by atoms with E-state index in [9.17, 15) is 19.5 Å². The van der Waals surface area contributed by atoms with Crippen molar-refractivity contribution < 1.29 is 24.9 Å². The number of carbonyl (C=O) groups is 3. The maximum Gasteiger partial charge on any atom is 0.328 e. The minimum atomic E-state index is -1.32. The number of nitrogens with one attached hydrogen (secondary N) is 3. The Labute approximate surface area is 218 Å². The number of carbonyl (C=O) groups excluding carboxylic acids is 2. The number of aliphatic carboxylic acids is 1. The van der Waals surface area contributed by atoms with Gasteiger partial charge in [-0.05, 0) is 49.8 Å². The van der Waals surface area contributed by atoms with Gasteiger partial charge in [0.15, 0.2) is 6.21 Å². The molecule has 1 atom stereocenters. The number of anilines is 2. The monoisotopic (exact) mass is 524 g/mol. The number of amides is 2. The number of rotatable bonds is 12. The maximum atomic E-state index is 12.9. The summed E-state index contributed by atoms with van der Waals surface area (Å²) in [5.74, 6) is -1.95. The van der Waals surface area contributed by atoms with Crippen LogP contribution in [0.3, 0.4) is 0 Å². The average molecular weight is 525 g/mol. The second kappa shape index (κ2) is 12.6. The van der Waals surface area contributed by atoms with Crippen molar-refractivity contribution in [3.63, 3.8) is 0 Å². The molecule has 0 bridgehead atoms. The van der Waals surface area contributed by atoms with Gasteiger partial charge in [-0.3, -0.25) is 15.0 Å². The van der Waals surface area contributed by atoms with Crippen molar-refractivity contribution in [2.24, 2.45) is 0 Å². The van der Waals surface area contributed by atoms with Gasteiger partial charge in [0.1, 0.15) is 6.04 Å². The van der Waals surface area contributed by atoms with E-state index in [1.165, 1.54) is 17.6 Å². The molecule has 8 N–H and O–H groups in total. The number of nitrogens with two attached hydrogens (primary N) is 2. The van der Waals surface area contributed by atoms with Gasteiger partial charge in [-0.2, -0.15) is 0 Å². The summed E-state index contributed by atoms with van der Waals surface area (Å²) in [4.78, 5) is 45.9. The van der Waals surface area contributed by atoms with Crippen molar-refractivity contribution in [3.8, 4) is 0 Å². The Morgan fingerprint density at radius 3 is 2.49 bits per heavy atom. The third-order valence-corrected chi connectivity index (χ3v) is 6.48. The molecule has 0 aliphatic carbocycles. The van der Waals surface area contributed by atoms with E-state index in [1.807, 2.05) is 12.1 Å². The van der Waals surface area contributed by atoms with E-state index in [2.05, 4.69) is 25.9 Å². The highest BCUT2D eigenvalue weighted by Gasteiger charge is 2.24. The summed E-state index contributed by atoms with van der Waals surface area (Å²) in [7, 11) is 0. The van der Waals surface area contributed by atoms with Crippen LogP contribution in [0.5, 0.6) is 0 Å². The van der Waals surface area contributed by atoms with Gasteiger partial charge >= 0.3 is 5.97 Å². The molecule has 3 rings (SSSR count). The topological polar surface area (TPSA) is 185 Å². The molecule has 0 saturated heterocycles. The molecule has 2 amide bonds. The number of aromatic nitrogens is 2. The van der Waals surface area contributed by atoms with Crippen LogP contribution in [0.1, 0.15) is 49.0 Å². The molecule has 0 aliphatic rings. The van der Waals surface area contributed by atoms with E-state index in [0.29, 0.717) is 34.4 Å². The van der Waals surface area contributed by atoms with Crippen LogP contribution in [0.4, 0.5) is 11.6 Å². The van der Waals surface area contributed by atoms with Crippen molar-refractivity contribution in [3.05, 3.63) is 68.7 Å². The zero-order chi connectivity index (χ0) is 26.9. The third kappa shape index (κ3) is 7.10. The summed E-state index contributed by atoms with van der Waals surface area (Å²) in [5, 5.41) is 25.1. The quantitative estimate of drug-likeness (QED) is 0.113. The highest BCUT2D eigenvalue weighted by Crippen LogP contribution is 2.17. The van der Waals surface area contributed by atoms with E-state index in [1.54, 1.807) is 37.4 Å². The molecule has 194 valence electrons. The van der Waals surface area contributed by atoms with Crippen molar-refractivity contribution in [1.29, 1.82) is 0 Å². The number of carboxylic acids is 1. The predicted molar refractivity (Wildman–Crippen MR) is 142 cm³/mol. The number of benzene rings is 1. The average Bonchev–Trinajstić information content (AvgIpc) is 3.39. The van der Waals surface area contributed by atoms with Crippen LogP contribution in [-0.2, 0) is 11.2 Å². The normalized spacial score (nSPS) is 11.4. The van der Waals surface area contributed by atoms with E-state index in [-0.39, 0.29) is 12.1 Å². The van der Waals surface area contributed by atoms with Gasteiger partial charge in [-0.25, -0.2) is 14.8 Å². The van der Waals surface area contributed by atoms with Gasteiger partial charge in [0.05, 0.1) is 27.4 Å². The van der Waals surface area contributed by atoms with Crippen LogP contribution < -0.4 is 27.1 Å². The highest BCUT2D eigenvalue weighted by atomic mass is 32.1. The Kier molecular flexibility index (Phi) is 9.27. The molecule has 12 heteroatoms. The van der Waals surface area contributed by atoms with Crippen LogP contribution in [0.2, 0.25) is 0 Å². The van der Waals surface area contributed by atoms with Crippen molar-refractivity contribution in [1.82, 2.24) is 20.6 Å². The first-order valence-corrected chi connectivity index (χ1v) is 12.5. The SMILES string of the molecule is Cc1nc(NCCCc2cccc(N)c2C=[NH2+])nc(C)c1C(=O)N[C@@H](CNC(=O)c1cccs1)C(=O)O. The lowest BCUT2D eigenvalue weighted by atomic mass is 10.0. The minimum absolute atomic E-state index is 0.185. The fourth-order valence-corrected chi connectivity index (χ4v) is 4.42. The number of nitrogens with zero attached hydrogens (tertiary/aromatic N) is 2. The Morgan fingerprint density at radius 2 is 1.86 bits per heavy atom. The van der Waals surface area contributed by atoms with Crippen molar-refractivity contribution in [2.75, 3.05) is 24.1 Å². The first kappa shape index (κ1) is 27.3. The number of aryl methyl sites for hydroxylation is 3. The van der Waals surface area contributed by atoms with Gasteiger partial charge < -0.3 is 26.8 Å². The third-order valence-electron chi connectivity index (χ3n) is 5.62. The molecule has 0 saturated carbocycles. The number of hydrogen-bond acceptors (Lipinski definition) is 8. The molecule has 0 aliphatic heterocycles. The molecule has 3 aromatic rings. The van der Waals surface area contributed by atoms with Gasteiger partial charge in [0, 0.05) is 18.8 Å². The molecule has 0 unspecified atom stereocenters. The number of thiophene rings is 1. The summed E-state index contributed by atoms with van der Waals surface area (Å²) in [6.45, 7) is 3.61. The van der Waals surface area contributed by atoms with Gasteiger partial charge in [0.2, 0.25) is 5.95 Å². The Balaban J connectivity index is 1.58. The van der Waals surface area contributed by atoms with E-state index in [4.69, 9.17) is 11.1 Å². The molecule has 1 aromatic carbocycles. The highest BCUT2D eigenvalue weighted by molar-refractivity contribution is 7.12. The van der Waals surface area contributed by atoms with Crippen LogP contribution >= 0.6 is 11.3 Å². The lowest BCUT2D eigenvalue weighted by molar-refractivity contribution is -0.139. The zero-order valence-electron chi connectivity index (χ0n) is 20.6. The Morgan fingerprint density at radius 1 is 1.14 bits per heavy atom. The fourth-order valence-electron chi connectivity index (χ4n) is 3.78. The molecule has 0 fully saturated rings. The van der Waals surface area contributed by atoms with E-state index < -0.39 is 23.8 Å². The molecule has 0 radical (unpaired) electrons. The van der Waals surface area contributed by atoms with Crippen molar-refractivity contribution >= 4 is 47.0 Å². The second-order valence-corrected chi connectivity index (χ2v) is 9.21. The summed E-state index contributed by atoms with van der Waals surface area (Å²) in [6.07, 6.45) is 3.02. The number of nitrogen functional groups attached to an aromatic ring is 1. The molecule has 0 spiro atoms. The first-order valence-electron chi connectivity index (χ1n) is 11.6.